The van der Waals surface area contributed by atoms with Crippen molar-refractivity contribution in [1.29, 1.82) is 0 Å². The highest BCUT2D eigenvalue weighted by atomic mass is 16.2. The van der Waals surface area contributed by atoms with Crippen molar-refractivity contribution in [1.82, 2.24) is 5.32 Å². The van der Waals surface area contributed by atoms with E-state index in [1.54, 1.807) is 0 Å². The summed E-state index contributed by atoms with van der Waals surface area (Å²) in [6.45, 7) is 4.95. The summed E-state index contributed by atoms with van der Waals surface area (Å²) in [5, 5.41) is 6.04. The van der Waals surface area contributed by atoms with Crippen LogP contribution in [-0.4, -0.2) is 12.6 Å². The van der Waals surface area contributed by atoms with Crippen LogP contribution in [0.15, 0.2) is 54.6 Å². The molecule has 0 atom stereocenters. The molecular formula is C20H24N2O. The fraction of sp³-hybridized carbons (Fsp3) is 0.350. The van der Waals surface area contributed by atoms with Crippen molar-refractivity contribution in [3.8, 4) is 0 Å². The van der Waals surface area contributed by atoms with Gasteiger partial charge in [0.25, 0.3) is 0 Å². The average molecular weight is 308 g/mol. The molecule has 0 spiro atoms. The van der Waals surface area contributed by atoms with Crippen LogP contribution in [-0.2, 0) is 5.41 Å². The van der Waals surface area contributed by atoms with Crippen molar-refractivity contribution in [2.75, 3.05) is 11.9 Å². The number of urea groups is 1. The summed E-state index contributed by atoms with van der Waals surface area (Å²) in [6.07, 6.45) is 2.28. The normalized spacial score (nSPS) is 15.3. The zero-order valence-electron chi connectivity index (χ0n) is 13.8. The number of para-hydroxylation sites is 1. The molecule has 2 N–H and O–H groups in total. The van der Waals surface area contributed by atoms with Gasteiger partial charge in [0.1, 0.15) is 0 Å². The minimum Gasteiger partial charge on any atom is -0.337 e. The fourth-order valence-corrected chi connectivity index (χ4v) is 3.04. The Morgan fingerprint density at radius 1 is 1.04 bits per heavy atom. The van der Waals surface area contributed by atoms with Gasteiger partial charge in [-0.15, -0.1) is 0 Å². The van der Waals surface area contributed by atoms with Crippen molar-refractivity contribution in [2.45, 2.75) is 38.0 Å². The van der Waals surface area contributed by atoms with Gasteiger partial charge in [0.15, 0.2) is 0 Å². The lowest BCUT2D eigenvalue weighted by atomic mass is 9.96. The third-order valence-corrected chi connectivity index (χ3v) is 4.66. The molecule has 23 heavy (non-hydrogen) atoms. The highest BCUT2D eigenvalue weighted by Crippen LogP contribution is 2.47. The van der Waals surface area contributed by atoms with E-state index in [4.69, 9.17) is 0 Å². The van der Waals surface area contributed by atoms with Gasteiger partial charge in [0.05, 0.1) is 0 Å². The lowest BCUT2D eigenvalue weighted by Gasteiger charge is -2.18. The molecule has 0 aromatic heterocycles. The Labute approximate surface area is 138 Å². The highest BCUT2D eigenvalue weighted by Gasteiger charge is 2.44. The van der Waals surface area contributed by atoms with Crippen LogP contribution in [0, 0.1) is 0 Å². The second-order valence-electron chi connectivity index (χ2n) is 6.70. The summed E-state index contributed by atoms with van der Waals surface area (Å²) in [5.74, 6) is 0.380. The van der Waals surface area contributed by atoms with E-state index in [1.165, 1.54) is 5.56 Å². The van der Waals surface area contributed by atoms with E-state index in [0.29, 0.717) is 12.5 Å². The van der Waals surface area contributed by atoms with Gasteiger partial charge in [-0.1, -0.05) is 62.4 Å². The number of benzene rings is 2. The van der Waals surface area contributed by atoms with Crippen LogP contribution >= 0.6 is 0 Å². The van der Waals surface area contributed by atoms with Crippen LogP contribution in [0.3, 0.4) is 0 Å². The SMILES string of the molecule is CC(C)c1ccccc1NC(=O)NCC1(c2ccccc2)CC1. The largest absolute Gasteiger partial charge is 0.337 e. The summed E-state index contributed by atoms with van der Waals surface area (Å²) in [5.41, 5.74) is 3.51. The number of carbonyl (C=O) groups excluding carboxylic acids is 1. The van der Waals surface area contributed by atoms with Gasteiger partial charge >= 0.3 is 6.03 Å². The molecule has 0 heterocycles. The molecule has 3 rings (SSSR count). The highest BCUT2D eigenvalue weighted by molar-refractivity contribution is 5.90. The number of rotatable bonds is 5. The molecule has 3 nitrogen and oxygen atoms in total. The number of hydrogen-bond acceptors (Lipinski definition) is 1. The molecule has 0 bridgehead atoms. The van der Waals surface area contributed by atoms with Gasteiger partial charge in [-0.05, 0) is 36.0 Å². The maximum absolute atomic E-state index is 12.3. The van der Waals surface area contributed by atoms with E-state index < -0.39 is 0 Å². The molecular weight excluding hydrogens is 284 g/mol. The lowest BCUT2D eigenvalue weighted by Crippen LogP contribution is -2.35. The third-order valence-electron chi connectivity index (χ3n) is 4.66. The first-order valence-electron chi connectivity index (χ1n) is 8.30. The number of hydrogen-bond donors (Lipinski definition) is 2. The summed E-state index contributed by atoms with van der Waals surface area (Å²) in [7, 11) is 0. The topological polar surface area (TPSA) is 41.1 Å². The monoisotopic (exact) mass is 308 g/mol. The minimum atomic E-state index is -0.125. The second-order valence-corrected chi connectivity index (χ2v) is 6.70. The Morgan fingerprint density at radius 2 is 1.70 bits per heavy atom. The molecule has 2 amide bonds. The summed E-state index contributed by atoms with van der Waals surface area (Å²) >= 11 is 0. The molecule has 2 aromatic carbocycles. The molecule has 3 heteroatoms. The van der Waals surface area contributed by atoms with Gasteiger partial charge in [0.2, 0.25) is 0 Å². The zero-order valence-corrected chi connectivity index (χ0v) is 13.8. The molecule has 1 fully saturated rings. The number of carbonyl (C=O) groups is 1. The number of amides is 2. The van der Waals surface area contributed by atoms with Gasteiger partial charge in [-0.2, -0.15) is 0 Å². The predicted molar refractivity (Wildman–Crippen MR) is 94.9 cm³/mol. The smallest absolute Gasteiger partial charge is 0.319 e. The van der Waals surface area contributed by atoms with Crippen molar-refractivity contribution in [3.63, 3.8) is 0 Å². The maximum Gasteiger partial charge on any atom is 0.319 e. The minimum absolute atomic E-state index is 0.125. The first kappa shape index (κ1) is 15.6. The standard InChI is InChI=1S/C20H24N2O/c1-15(2)17-10-6-7-11-18(17)22-19(23)21-14-20(12-13-20)16-8-4-3-5-9-16/h3-11,15H,12-14H2,1-2H3,(H2,21,22,23). The van der Waals surface area contributed by atoms with Crippen LogP contribution in [0.25, 0.3) is 0 Å². The predicted octanol–water partition coefficient (Wildman–Crippen LogP) is 4.66. The van der Waals surface area contributed by atoms with Crippen LogP contribution in [0.4, 0.5) is 10.5 Å². The first-order valence-corrected chi connectivity index (χ1v) is 8.30. The molecule has 1 saturated carbocycles. The molecule has 0 unspecified atom stereocenters. The number of anilines is 1. The summed E-state index contributed by atoms with van der Waals surface area (Å²) < 4.78 is 0. The first-order chi connectivity index (χ1) is 11.1. The fourth-order valence-electron chi connectivity index (χ4n) is 3.04. The molecule has 1 aliphatic rings. The summed E-state index contributed by atoms with van der Waals surface area (Å²) in [4.78, 5) is 12.3. The van der Waals surface area contributed by atoms with E-state index in [-0.39, 0.29) is 11.4 Å². The second kappa shape index (κ2) is 6.45. The molecule has 1 aliphatic carbocycles. The molecule has 2 aromatic rings. The Hall–Kier alpha value is -2.29. The van der Waals surface area contributed by atoms with E-state index >= 15 is 0 Å². The van der Waals surface area contributed by atoms with Crippen LogP contribution in [0.1, 0.15) is 43.7 Å². The van der Waals surface area contributed by atoms with E-state index in [0.717, 1.165) is 24.1 Å². The quantitative estimate of drug-likeness (QED) is 0.828. The molecule has 120 valence electrons. The van der Waals surface area contributed by atoms with Crippen molar-refractivity contribution >= 4 is 11.7 Å². The van der Waals surface area contributed by atoms with Crippen LogP contribution < -0.4 is 10.6 Å². The number of nitrogens with one attached hydrogen (secondary N) is 2. The Balaban J connectivity index is 1.61. The van der Waals surface area contributed by atoms with Gasteiger partial charge in [-0.25, -0.2) is 4.79 Å². The Bertz CT molecular complexity index is 675. The van der Waals surface area contributed by atoms with Crippen molar-refractivity contribution < 1.29 is 4.79 Å². The van der Waals surface area contributed by atoms with Gasteiger partial charge in [0, 0.05) is 17.6 Å². The van der Waals surface area contributed by atoms with Crippen molar-refractivity contribution in [2.24, 2.45) is 0 Å². The van der Waals surface area contributed by atoms with Crippen molar-refractivity contribution in [3.05, 3.63) is 65.7 Å². The van der Waals surface area contributed by atoms with E-state index in [9.17, 15) is 4.79 Å². The zero-order chi connectivity index (χ0) is 16.3. The Morgan fingerprint density at radius 3 is 2.35 bits per heavy atom. The lowest BCUT2D eigenvalue weighted by molar-refractivity contribution is 0.251. The van der Waals surface area contributed by atoms with Crippen LogP contribution in [0.5, 0.6) is 0 Å². The van der Waals surface area contributed by atoms with E-state index in [2.05, 4.69) is 54.8 Å². The molecule has 0 radical (unpaired) electrons. The van der Waals surface area contributed by atoms with E-state index in [1.807, 2.05) is 24.3 Å². The third kappa shape index (κ3) is 3.55. The maximum atomic E-state index is 12.3. The molecule has 0 saturated heterocycles. The van der Waals surface area contributed by atoms with Gasteiger partial charge in [-0.3, -0.25) is 0 Å². The van der Waals surface area contributed by atoms with Gasteiger partial charge < -0.3 is 10.6 Å². The average Bonchev–Trinajstić information content (AvgIpc) is 3.35. The molecule has 0 aliphatic heterocycles. The Kier molecular flexibility index (Phi) is 4.37. The summed E-state index contributed by atoms with van der Waals surface area (Å²) in [6, 6.07) is 18.3. The van der Waals surface area contributed by atoms with Crippen LogP contribution in [0.2, 0.25) is 0 Å².